The van der Waals surface area contributed by atoms with Gasteiger partial charge in [-0.2, -0.15) is 0 Å². The summed E-state index contributed by atoms with van der Waals surface area (Å²) in [5.74, 6) is -0.378. The molecular weight excluding hydrogens is 266 g/mol. The molecule has 0 atom stereocenters. The molecule has 0 aromatic carbocycles. The van der Waals surface area contributed by atoms with Crippen molar-refractivity contribution in [3.63, 3.8) is 0 Å². The molecule has 0 unspecified atom stereocenters. The minimum atomic E-state index is -3.93. The van der Waals surface area contributed by atoms with Crippen LogP contribution in [-0.4, -0.2) is 41.6 Å². The van der Waals surface area contributed by atoms with Gasteiger partial charge in [-0.15, -0.1) is 0 Å². The Balaban J connectivity index is 2.30. The molecule has 1 saturated carbocycles. The summed E-state index contributed by atoms with van der Waals surface area (Å²) in [6.45, 7) is 0.00597. The third-order valence-corrected chi connectivity index (χ3v) is 5.17. The zero-order valence-electron chi connectivity index (χ0n) is 9.83. The lowest BCUT2D eigenvalue weighted by atomic mass is 9.98. The summed E-state index contributed by atoms with van der Waals surface area (Å²) in [4.78, 5) is 0. The zero-order valence-corrected chi connectivity index (χ0v) is 11.5. The minimum Gasteiger partial charge on any atom is -0.436 e. The third-order valence-electron chi connectivity index (χ3n) is 2.50. The molecule has 8 heteroatoms. The van der Waals surface area contributed by atoms with E-state index in [-0.39, 0.29) is 18.5 Å². The molecule has 0 heterocycles. The minimum absolute atomic E-state index is 0.00597. The van der Waals surface area contributed by atoms with Gasteiger partial charge in [0, 0.05) is 6.26 Å². The zero-order chi connectivity index (χ0) is 12.9. The first-order chi connectivity index (χ1) is 7.79. The second kappa shape index (κ2) is 6.12. The number of sulfonamides is 2. The molecule has 0 aromatic rings. The molecule has 0 bridgehead atoms. The van der Waals surface area contributed by atoms with Gasteiger partial charge in [-0.25, -0.2) is 16.8 Å². The van der Waals surface area contributed by atoms with Crippen molar-refractivity contribution in [2.75, 3.05) is 18.6 Å². The van der Waals surface area contributed by atoms with Crippen LogP contribution in [0.3, 0.4) is 0 Å². The van der Waals surface area contributed by atoms with E-state index < -0.39 is 20.0 Å². The molecule has 17 heavy (non-hydrogen) atoms. The highest BCUT2D eigenvalue weighted by atomic mass is 32.3. The van der Waals surface area contributed by atoms with Crippen LogP contribution in [-0.2, 0) is 24.8 Å². The summed E-state index contributed by atoms with van der Waals surface area (Å²) in [7, 11) is -7.78. The van der Waals surface area contributed by atoms with Gasteiger partial charge in [0.15, 0.2) is 0 Å². The number of hydrogen-bond donors (Lipinski definition) is 0. The summed E-state index contributed by atoms with van der Waals surface area (Å²) in [6, 6.07) is 0. The Bertz CT molecular complexity index is 422. The molecule has 1 rings (SSSR count). The number of ether oxygens (including phenoxy) is 1. The summed E-state index contributed by atoms with van der Waals surface area (Å²) < 4.78 is 52.2. The SMILES string of the molecule is CS(=O)(=O)[N-]S(=O)(=O)CCOC1CCCCC1. The largest absolute Gasteiger partial charge is 0.436 e. The molecule has 102 valence electrons. The molecule has 0 aliphatic heterocycles. The van der Waals surface area contributed by atoms with Crippen molar-refractivity contribution in [2.45, 2.75) is 38.2 Å². The quantitative estimate of drug-likeness (QED) is 0.725. The van der Waals surface area contributed by atoms with Crippen molar-refractivity contribution in [3.05, 3.63) is 4.13 Å². The molecule has 6 nitrogen and oxygen atoms in total. The van der Waals surface area contributed by atoms with Gasteiger partial charge < -0.3 is 8.86 Å². The molecule has 0 saturated heterocycles. The number of rotatable bonds is 6. The van der Waals surface area contributed by atoms with E-state index in [4.69, 9.17) is 4.74 Å². The van der Waals surface area contributed by atoms with Gasteiger partial charge in [-0.3, -0.25) is 0 Å². The topological polar surface area (TPSA) is 91.6 Å². The highest BCUT2D eigenvalue weighted by Gasteiger charge is 2.14. The number of nitrogens with zero attached hydrogens (tertiary/aromatic N) is 1. The predicted octanol–water partition coefficient (Wildman–Crippen LogP) is 0.999. The van der Waals surface area contributed by atoms with Crippen molar-refractivity contribution in [2.24, 2.45) is 0 Å². The van der Waals surface area contributed by atoms with Gasteiger partial charge in [-0.05, 0) is 12.8 Å². The summed E-state index contributed by atoms with van der Waals surface area (Å²) >= 11 is 0. The normalized spacial score (nSPS) is 19.4. The fourth-order valence-corrected chi connectivity index (χ4v) is 4.05. The maximum absolute atomic E-state index is 11.3. The maximum atomic E-state index is 11.3. The van der Waals surface area contributed by atoms with Crippen LogP contribution < -0.4 is 0 Å². The lowest BCUT2D eigenvalue weighted by Crippen LogP contribution is -2.21. The predicted molar refractivity (Wildman–Crippen MR) is 64.8 cm³/mol. The monoisotopic (exact) mass is 284 g/mol. The fourth-order valence-electron chi connectivity index (χ4n) is 1.80. The maximum Gasteiger partial charge on any atom is 0.0853 e. The molecular formula is C9H18NO5S2-. The van der Waals surface area contributed by atoms with Gasteiger partial charge in [0.05, 0.1) is 38.5 Å². The number of hydrogen-bond acceptors (Lipinski definition) is 5. The van der Waals surface area contributed by atoms with Crippen molar-refractivity contribution in [3.8, 4) is 0 Å². The van der Waals surface area contributed by atoms with Crippen molar-refractivity contribution < 1.29 is 21.6 Å². The Morgan fingerprint density at radius 1 is 1.12 bits per heavy atom. The molecule has 0 aromatic heterocycles. The van der Waals surface area contributed by atoms with Gasteiger partial charge in [0.2, 0.25) is 0 Å². The average Bonchev–Trinajstić information content (AvgIpc) is 2.15. The first-order valence-electron chi connectivity index (χ1n) is 5.57. The molecule has 0 amide bonds. The Morgan fingerprint density at radius 3 is 2.24 bits per heavy atom. The van der Waals surface area contributed by atoms with Gasteiger partial charge in [0.25, 0.3) is 0 Å². The standard InChI is InChI=1S/C9H18NO5S2/c1-16(11,12)10-17(13,14)8-7-15-9-5-3-2-4-6-9/h9H,2-8H2,1H3/q-1. The van der Waals surface area contributed by atoms with E-state index in [0.29, 0.717) is 0 Å². The van der Waals surface area contributed by atoms with Gasteiger partial charge in [0.1, 0.15) is 0 Å². The highest BCUT2D eigenvalue weighted by molar-refractivity contribution is 8.11. The van der Waals surface area contributed by atoms with E-state index >= 15 is 0 Å². The first kappa shape index (κ1) is 14.9. The van der Waals surface area contributed by atoms with E-state index in [9.17, 15) is 16.8 Å². The van der Waals surface area contributed by atoms with Gasteiger partial charge >= 0.3 is 0 Å². The third kappa shape index (κ3) is 6.97. The van der Waals surface area contributed by atoms with E-state index in [2.05, 4.69) is 4.13 Å². The average molecular weight is 284 g/mol. The summed E-state index contributed by atoms with van der Waals surface area (Å²) in [6.07, 6.45) is 6.16. The summed E-state index contributed by atoms with van der Waals surface area (Å²) in [5.41, 5.74) is 0. The van der Waals surface area contributed by atoms with Crippen LogP contribution in [0.1, 0.15) is 32.1 Å². The smallest absolute Gasteiger partial charge is 0.0853 e. The summed E-state index contributed by atoms with van der Waals surface area (Å²) in [5, 5.41) is 0. The van der Waals surface area contributed by atoms with E-state index in [1.54, 1.807) is 0 Å². The second-order valence-corrected chi connectivity index (χ2v) is 7.86. The molecule has 0 N–H and O–H groups in total. The molecule has 1 fully saturated rings. The Labute approximate surface area is 103 Å². The van der Waals surface area contributed by atoms with Crippen LogP contribution in [0.15, 0.2) is 0 Å². The molecule has 1 aliphatic carbocycles. The van der Waals surface area contributed by atoms with Gasteiger partial charge in [-0.1, -0.05) is 19.3 Å². The van der Waals surface area contributed by atoms with Crippen LogP contribution >= 0.6 is 0 Å². The van der Waals surface area contributed by atoms with Crippen LogP contribution in [0.5, 0.6) is 0 Å². The second-order valence-electron chi connectivity index (χ2n) is 4.22. The Kier molecular flexibility index (Phi) is 5.36. The Morgan fingerprint density at radius 2 is 1.71 bits per heavy atom. The molecule has 0 spiro atoms. The van der Waals surface area contributed by atoms with Crippen LogP contribution in [0.4, 0.5) is 0 Å². The molecule has 0 radical (unpaired) electrons. The van der Waals surface area contributed by atoms with E-state index in [1.165, 1.54) is 6.42 Å². The first-order valence-corrected chi connectivity index (χ1v) is 9.03. The molecule has 1 aliphatic rings. The lowest BCUT2D eigenvalue weighted by molar-refractivity contribution is 0.0380. The van der Waals surface area contributed by atoms with Crippen LogP contribution in [0.25, 0.3) is 4.13 Å². The van der Waals surface area contributed by atoms with Crippen molar-refractivity contribution in [1.82, 2.24) is 0 Å². The van der Waals surface area contributed by atoms with Crippen molar-refractivity contribution >= 4 is 20.0 Å². The van der Waals surface area contributed by atoms with Crippen LogP contribution in [0.2, 0.25) is 0 Å². The highest BCUT2D eigenvalue weighted by Crippen LogP contribution is 2.20. The van der Waals surface area contributed by atoms with Crippen molar-refractivity contribution in [1.29, 1.82) is 0 Å². The van der Waals surface area contributed by atoms with E-state index in [0.717, 1.165) is 31.9 Å². The fraction of sp³-hybridized carbons (Fsp3) is 1.00. The van der Waals surface area contributed by atoms with E-state index in [1.807, 2.05) is 0 Å². The lowest BCUT2D eigenvalue weighted by Gasteiger charge is -2.23. The van der Waals surface area contributed by atoms with Crippen LogP contribution in [0, 0.1) is 0 Å². The Hall–Kier alpha value is -0.180.